The molecule has 5 nitrogen and oxygen atoms in total. The third-order valence-electron chi connectivity index (χ3n) is 3.71. The minimum absolute atomic E-state index is 0.204. The Morgan fingerprint density at radius 1 is 1.24 bits per heavy atom. The van der Waals surface area contributed by atoms with Crippen molar-refractivity contribution >= 4 is 11.7 Å². The molecule has 0 bridgehead atoms. The highest BCUT2D eigenvalue weighted by atomic mass is 16.2. The van der Waals surface area contributed by atoms with Gasteiger partial charge in [0.2, 0.25) is 0 Å². The average Bonchev–Trinajstić information content (AvgIpc) is 2.65. The predicted octanol–water partition coefficient (Wildman–Crippen LogP) is 2.98. The van der Waals surface area contributed by atoms with E-state index < -0.39 is 0 Å². The number of nitrogens with zero attached hydrogens (tertiary/aromatic N) is 2. The summed E-state index contributed by atoms with van der Waals surface area (Å²) in [6.45, 7) is 8.44. The number of nitrogens with one attached hydrogen (secondary N) is 2. The fourth-order valence-electron chi connectivity index (χ4n) is 2.36. The average molecular weight is 286 g/mol. The summed E-state index contributed by atoms with van der Waals surface area (Å²) in [6.07, 6.45) is 0. The number of benzene rings is 1. The van der Waals surface area contributed by atoms with E-state index in [9.17, 15) is 4.79 Å². The Morgan fingerprint density at radius 3 is 2.52 bits per heavy atom. The molecule has 0 spiro atoms. The molecule has 0 saturated heterocycles. The Morgan fingerprint density at radius 2 is 1.95 bits per heavy atom. The molecular weight excluding hydrogens is 264 g/mol. The molecule has 5 heteroatoms. The Labute approximate surface area is 125 Å². The van der Waals surface area contributed by atoms with E-state index in [1.165, 1.54) is 5.56 Å². The van der Waals surface area contributed by atoms with Crippen LogP contribution in [0.15, 0.2) is 18.2 Å². The van der Waals surface area contributed by atoms with Crippen LogP contribution in [0, 0.1) is 27.7 Å². The van der Waals surface area contributed by atoms with Crippen LogP contribution in [0.5, 0.6) is 0 Å². The molecule has 2 N–H and O–H groups in total. The third-order valence-corrected chi connectivity index (χ3v) is 3.71. The van der Waals surface area contributed by atoms with Crippen LogP contribution >= 0.6 is 0 Å². The molecule has 0 saturated carbocycles. The van der Waals surface area contributed by atoms with Crippen LogP contribution in [-0.4, -0.2) is 15.8 Å². The van der Waals surface area contributed by atoms with Crippen LogP contribution in [0.1, 0.15) is 28.1 Å². The van der Waals surface area contributed by atoms with Crippen molar-refractivity contribution in [3.8, 4) is 0 Å². The van der Waals surface area contributed by atoms with Crippen molar-refractivity contribution in [2.75, 3.05) is 5.32 Å². The number of amides is 2. The van der Waals surface area contributed by atoms with Gasteiger partial charge in [0.15, 0.2) is 0 Å². The zero-order valence-electron chi connectivity index (χ0n) is 13.2. The van der Waals surface area contributed by atoms with Gasteiger partial charge in [-0.2, -0.15) is 5.10 Å². The van der Waals surface area contributed by atoms with Gasteiger partial charge >= 0.3 is 6.03 Å². The van der Waals surface area contributed by atoms with Gasteiger partial charge in [0, 0.05) is 30.5 Å². The summed E-state index contributed by atoms with van der Waals surface area (Å²) < 4.78 is 1.83. The predicted molar refractivity (Wildman–Crippen MR) is 84.5 cm³/mol. The van der Waals surface area contributed by atoms with Crippen molar-refractivity contribution in [2.24, 2.45) is 7.05 Å². The molecule has 0 fully saturated rings. The summed E-state index contributed by atoms with van der Waals surface area (Å²) in [4.78, 5) is 12.0. The van der Waals surface area contributed by atoms with Gasteiger partial charge in [0.05, 0.1) is 5.69 Å². The van der Waals surface area contributed by atoms with Gasteiger partial charge in [0.1, 0.15) is 0 Å². The Balaban J connectivity index is 1.99. The molecular formula is C16H22N4O. The van der Waals surface area contributed by atoms with E-state index in [0.717, 1.165) is 28.2 Å². The topological polar surface area (TPSA) is 59.0 Å². The molecule has 0 unspecified atom stereocenters. The lowest BCUT2D eigenvalue weighted by molar-refractivity contribution is 0.251. The Kier molecular flexibility index (Phi) is 4.31. The fraction of sp³-hybridized carbons (Fsp3) is 0.375. The van der Waals surface area contributed by atoms with Crippen molar-refractivity contribution in [1.82, 2.24) is 15.1 Å². The SMILES string of the molecule is Cc1ccc(NC(=O)NCc2c(C)nn(C)c2C)c(C)c1. The first-order valence-electron chi connectivity index (χ1n) is 6.99. The molecule has 0 atom stereocenters. The quantitative estimate of drug-likeness (QED) is 0.911. The molecule has 1 aromatic carbocycles. The number of anilines is 1. The molecule has 2 aromatic rings. The smallest absolute Gasteiger partial charge is 0.319 e. The van der Waals surface area contributed by atoms with Crippen molar-refractivity contribution < 1.29 is 4.79 Å². The van der Waals surface area contributed by atoms with Gasteiger partial charge < -0.3 is 10.6 Å². The fourth-order valence-corrected chi connectivity index (χ4v) is 2.36. The maximum atomic E-state index is 12.0. The molecule has 112 valence electrons. The lowest BCUT2D eigenvalue weighted by atomic mass is 10.1. The van der Waals surface area contributed by atoms with Crippen molar-refractivity contribution in [2.45, 2.75) is 34.2 Å². The van der Waals surface area contributed by atoms with Crippen LogP contribution < -0.4 is 10.6 Å². The van der Waals surface area contributed by atoms with Crippen molar-refractivity contribution in [3.63, 3.8) is 0 Å². The second-order valence-corrected chi connectivity index (χ2v) is 5.40. The number of hydrogen-bond donors (Lipinski definition) is 2. The Bertz CT molecular complexity index is 673. The molecule has 2 rings (SSSR count). The number of carbonyl (C=O) groups excluding carboxylic acids is 1. The summed E-state index contributed by atoms with van der Waals surface area (Å²) in [5, 5.41) is 10.1. The van der Waals surface area contributed by atoms with E-state index in [2.05, 4.69) is 15.7 Å². The van der Waals surface area contributed by atoms with E-state index in [4.69, 9.17) is 0 Å². The van der Waals surface area contributed by atoms with Crippen LogP contribution in [-0.2, 0) is 13.6 Å². The molecule has 0 radical (unpaired) electrons. The standard InChI is InChI=1S/C16H22N4O/c1-10-6-7-15(11(2)8-10)18-16(21)17-9-14-12(3)19-20(5)13(14)4/h6-8H,9H2,1-5H3,(H2,17,18,21). The lowest BCUT2D eigenvalue weighted by Gasteiger charge is -2.10. The molecule has 1 aromatic heterocycles. The van der Waals surface area contributed by atoms with Gasteiger partial charge in [-0.15, -0.1) is 0 Å². The first kappa shape index (κ1) is 15.1. The maximum absolute atomic E-state index is 12.0. The summed E-state index contributed by atoms with van der Waals surface area (Å²) in [7, 11) is 1.90. The number of aryl methyl sites for hydroxylation is 4. The summed E-state index contributed by atoms with van der Waals surface area (Å²) >= 11 is 0. The van der Waals surface area contributed by atoms with Crippen molar-refractivity contribution in [3.05, 3.63) is 46.3 Å². The minimum atomic E-state index is -0.204. The second-order valence-electron chi connectivity index (χ2n) is 5.40. The van der Waals surface area contributed by atoms with Gasteiger partial charge in [-0.05, 0) is 39.3 Å². The summed E-state index contributed by atoms with van der Waals surface area (Å²) in [5.41, 5.74) is 6.14. The zero-order valence-corrected chi connectivity index (χ0v) is 13.2. The number of hydrogen-bond acceptors (Lipinski definition) is 2. The Hall–Kier alpha value is -2.30. The van der Waals surface area contributed by atoms with Gasteiger partial charge in [-0.1, -0.05) is 17.7 Å². The van der Waals surface area contributed by atoms with Gasteiger partial charge in [0.25, 0.3) is 0 Å². The van der Waals surface area contributed by atoms with Crippen LogP contribution in [0.25, 0.3) is 0 Å². The number of carbonyl (C=O) groups is 1. The van der Waals surface area contributed by atoms with E-state index in [-0.39, 0.29) is 6.03 Å². The normalized spacial score (nSPS) is 10.5. The van der Waals surface area contributed by atoms with Crippen molar-refractivity contribution in [1.29, 1.82) is 0 Å². The van der Waals surface area contributed by atoms with Crippen LogP contribution in [0.3, 0.4) is 0 Å². The molecule has 0 aliphatic heterocycles. The van der Waals surface area contributed by atoms with E-state index in [0.29, 0.717) is 6.54 Å². The monoisotopic (exact) mass is 286 g/mol. The second kappa shape index (κ2) is 5.99. The maximum Gasteiger partial charge on any atom is 0.319 e. The number of aromatic nitrogens is 2. The summed E-state index contributed by atoms with van der Waals surface area (Å²) in [6, 6.07) is 5.75. The molecule has 0 aliphatic rings. The van der Waals surface area contributed by atoms with Gasteiger partial charge in [-0.3, -0.25) is 4.68 Å². The summed E-state index contributed by atoms with van der Waals surface area (Å²) in [5.74, 6) is 0. The highest BCUT2D eigenvalue weighted by Gasteiger charge is 2.11. The minimum Gasteiger partial charge on any atom is -0.334 e. The number of rotatable bonds is 3. The van der Waals surface area contributed by atoms with E-state index in [1.807, 2.05) is 57.6 Å². The highest BCUT2D eigenvalue weighted by molar-refractivity contribution is 5.90. The van der Waals surface area contributed by atoms with E-state index >= 15 is 0 Å². The van der Waals surface area contributed by atoms with Gasteiger partial charge in [-0.25, -0.2) is 4.79 Å². The van der Waals surface area contributed by atoms with E-state index in [1.54, 1.807) is 0 Å². The number of urea groups is 1. The molecule has 0 aliphatic carbocycles. The first-order valence-corrected chi connectivity index (χ1v) is 6.99. The zero-order chi connectivity index (χ0) is 15.6. The third kappa shape index (κ3) is 3.42. The lowest BCUT2D eigenvalue weighted by Crippen LogP contribution is -2.28. The molecule has 2 amide bonds. The van der Waals surface area contributed by atoms with Crippen LogP contribution in [0.4, 0.5) is 10.5 Å². The highest BCUT2D eigenvalue weighted by Crippen LogP contribution is 2.16. The largest absolute Gasteiger partial charge is 0.334 e. The molecule has 21 heavy (non-hydrogen) atoms. The van der Waals surface area contributed by atoms with Crippen LogP contribution in [0.2, 0.25) is 0 Å². The molecule has 1 heterocycles. The first-order chi connectivity index (χ1) is 9.88.